The zero-order valence-electron chi connectivity index (χ0n) is 24.9. The number of benzene rings is 3. The van der Waals surface area contributed by atoms with Gasteiger partial charge in [0.2, 0.25) is 11.8 Å². The summed E-state index contributed by atoms with van der Waals surface area (Å²) < 4.78 is 12.8. The van der Waals surface area contributed by atoms with Gasteiger partial charge >= 0.3 is 5.97 Å². The summed E-state index contributed by atoms with van der Waals surface area (Å²) in [6.07, 6.45) is 2.44. The van der Waals surface area contributed by atoms with Crippen LogP contribution in [0.5, 0.6) is 0 Å². The monoisotopic (exact) mass is 620 g/mol. The molecule has 1 saturated heterocycles. The molecule has 3 atom stereocenters. The van der Waals surface area contributed by atoms with E-state index in [1.54, 1.807) is 12.1 Å². The lowest BCUT2D eigenvalue weighted by atomic mass is 10.0. The fourth-order valence-electron chi connectivity index (χ4n) is 4.91. The van der Waals surface area contributed by atoms with Crippen molar-refractivity contribution >= 4 is 29.5 Å². The Labute approximate surface area is 262 Å². The van der Waals surface area contributed by atoms with Crippen LogP contribution in [0.4, 0.5) is 0 Å². The zero-order valence-corrected chi connectivity index (χ0v) is 25.7. The third-order valence-corrected chi connectivity index (χ3v) is 8.56. The van der Waals surface area contributed by atoms with E-state index in [2.05, 4.69) is 10.6 Å². The number of ether oxygens (including phenoxy) is 2. The predicted molar refractivity (Wildman–Crippen MR) is 168 cm³/mol. The van der Waals surface area contributed by atoms with Gasteiger partial charge in [-0.3, -0.25) is 9.59 Å². The van der Waals surface area contributed by atoms with Gasteiger partial charge in [-0.25, -0.2) is 4.79 Å². The number of hydrogen-bond acceptors (Lipinski definition) is 7. The van der Waals surface area contributed by atoms with Crippen molar-refractivity contribution in [2.75, 3.05) is 12.3 Å². The summed E-state index contributed by atoms with van der Waals surface area (Å²) in [4.78, 5) is 35.6. The van der Waals surface area contributed by atoms with Gasteiger partial charge in [0.05, 0.1) is 24.4 Å². The van der Waals surface area contributed by atoms with Crippen molar-refractivity contribution in [2.24, 2.45) is 0 Å². The van der Waals surface area contributed by atoms with E-state index >= 15 is 0 Å². The maximum atomic E-state index is 12.3. The first-order valence-electron chi connectivity index (χ1n) is 14.9. The third-order valence-electron chi connectivity index (χ3n) is 7.35. The number of aromatic carboxylic acids is 1. The zero-order chi connectivity index (χ0) is 31.3. The molecule has 9 nitrogen and oxygen atoms in total. The Balaban J connectivity index is 1.36. The Hall–Kier alpha value is -3.70. The molecule has 1 fully saturated rings. The maximum Gasteiger partial charge on any atom is 0.336 e. The molecule has 10 heteroatoms. The fraction of sp³-hybridized carbons (Fsp3) is 0.382. The summed E-state index contributed by atoms with van der Waals surface area (Å²) in [7, 11) is 0. The molecule has 0 unspecified atom stereocenters. The Bertz CT molecular complexity index is 1380. The van der Waals surface area contributed by atoms with Gasteiger partial charge in [0.15, 0.2) is 6.29 Å². The lowest BCUT2D eigenvalue weighted by Crippen LogP contribution is -2.31. The molecule has 0 aliphatic carbocycles. The molecule has 2 amide bonds. The van der Waals surface area contributed by atoms with Gasteiger partial charge in [-0.15, -0.1) is 11.8 Å². The number of carbonyl (C=O) groups excluding carboxylic acids is 2. The minimum absolute atomic E-state index is 0.00702. The molecule has 4 N–H and O–H groups in total. The molecule has 0 saturated carbocycles. The van der Waals surface area contributed by atoms with E-state index in [0.29, 0.717) is 36.6 Å². The van der Waals surface area contributed by atoms with Gasteiger partial charge in [-0.05, 0) is 41.7 Å². The van der Waals surface area contributed by atoms with Gasteiger partial charge in [-0.2, -0.15) is 0 Å². The van der Waals surface area contributed by atoms with Crippen molar-refractivity contribution in [3.63, 3.8) is 0 Å². The van der Waals surface area contributed by atoms with Crippen molar-refractivity contribution in [1.29, 1.82) is 0 Å². The molecule has 1 aliphatic heterocycles. The number of carboxylic acid groups (broad SMARTS) is 1. The number of amides is 2. The van der Waals surface area contributed by atoms with Gasteiger partial charge < -0.3 is 30.3 Å². The van der Waals surface area contributed by atoms with Crippen LogP contribution in [0.15, 0.2) is 77.7 Å². The first-order chi connectivity index (χ1) is 21.3. The highest BCUT2D eigenvalue weighted by Gasteiger charge is 2.32. The SMILES string of the molecule is CC(=O)NCCCCCC(=O)NCc1ccc([C@@H]2O[C@H](CSc3ccccc3C(=O)O)C[C@H](c3ccc(CO)cc3)O2)cc1. The van der Waals surface area contributed by atoms with Crippen LogP contribution in [0.3, 0.4) is 0 Å². The first kappa shape index (κ1) is 33.2. The van der Waals surface area contributed by atoms with Gasteiger partial charge in [0.25, 0.3) is 0 Å². The van der Waals surface area contributed by atoms with Gasteiger partial charge in [0, 0.05) is 49.1 Å². The minimum Gasteiger partial charge on any atom is -0.478 e. The molecule has 4 rings (SSSR count). The van der Waals surface area contributed by atoms with Crippen LogP contribution < -0.4 is 10.6 Å². The fourth-order valence-corrected chi connectivity index (χ4v) is 5.97. The number of nitrogens with one attached hydrogen (secondary N) is 2. The molecule has 0 spiro atoms. The number of rotatable bonds is 15. The number of hydrogen-bond donors (Lipinski definition) is 4. The topological polar surface area (TPSA) is 134 Å². The van der Waals surface area contributed by atoms with E-state index in [0.717, 1.165) is 41.5 Å². The molecule has 1 aliphatic rings. The van der Waals surface area contributed by atoms with E-state index in [4.69, 9.17) is 9.47 Å². The standard InChI is InChI=1S/C34H40N2O7S/c1-23(38)35-18-6-2-3-9-32(39)36-20-24-10-16-27(17-11-24)34-42-28(22-44-31-8-5-4-7-29(31)33(40)41)19-30(43-34)26-14-12-25(21-37)13-15-26/h4-5,7-8,10-17,28,30,34,37H,2-3,6,9,18-22H2,1H3,(H,35,38)(H,36,39)(H,40,41)/t28-,30+,34+/m0/s1. The van der Waals surface area contributed by atoms with Crippen LogP contribution in [0, 0.1) is 0 Å². The van der Waals surface area contributed by atoms with Crippen LogP contribution in [-0.4, -0.2) is 46.4 Å². The van der Waals surface area contributed by atoms with Crippen LogP contribution in [0.2, 0.25) is 0 Å². The van der Waals surface area contributed by atoms with Crippen molar-refractivity contribution in [3.05, 3.63) is 101 Å². The number of thioether (sulfide) groups is 1. The number of carboxylic acids is 1. The summed E-state index contributed by atoms with van der Waals surface area (Å²) in [6, 6.07) is 22.4. The summed E-state index contributed by atoms with van der Waals surface area (Å²) in [5.41, 5.74) is 3.86. The Morgan fingerprint density at radius 1 is 0.864 bits per heavy atom. The largest absolute Gasteiger partial charge is 0.478 e. The molecule has 3 aromatic rings. The first-order valence-corrected chi connectivity index (χ1v) is 15.9. The Morgan fingerprint density at radius 3 is 2.27 bits per heavy atom. The average Bonchev–Trinajstić information content (AvgIpc) is 3.04. The molecule has 0 radical (unpaired) electrons. The van der Waals surface area contributed by atoms with Crippen molar-refractivity contribution < 1.29 is 34.1 Å². The van der Waals surface area contributed by atoms with Crippen LogP contribution in [0.25, 0.3) is 0 Å². The van der Waals surface area contributed by atoms with E-state index in [1.807, 2.05) is 60.7 Å². The second-order valence-corrected chi connectivity index (χ2v) is 11.8. The summed E-state index contributed by atoms with van der Waals surface area (Å²) in [5.74, 6) is -0.461. The highest BCUT2D eigenvalue weighted by molar-refractivity contribution is 7.99. The molecule has 234 valence electrons. The maximum absolute atomic E-state index is 12.3. The third kappa shape index (κ3) is 10.2. The van der Waals surface area contributed by atoms with E-state index in [-0.39, 0.29) is 36.2 Å². The van der Waals surface area contributed by atoms with E-state index in [1.165, 1.54) is 18.7 Å². The molecule has 0 bridgehead atoms. The average molecular weight is 621 g/mol. The number of unbranched alkanes of at least 4 members (excludes halogenated alkanes) is 2. The van der Waals surface area contributed by atoms with Crippen molar-refractivity contribution in [3.8, 4) is 0 Å². The molecular formula is C34H40N2O7S. The molecule has 3 aromatic carbocycles. The Kier molecular flexibility index (Phi) is 12.8. The van der Waals surface area contributed by atoms with Crippen LogP contribution in [-0.2, 0) is 32.2 Å². The van der Waals surface area contributed by atoms with Crippen LogP contribution >= 0.6 is 11.8 Å². The van der Waals surface area contributed by atoms with E-state index < -0.39 is 12.3 Å². The highest BCUT2D eigenvalue weighted by Crippen LogP contribution is 2.39. The molecule has 0 aromatic heterocycles. The van der Waals surface area contributed by atoms with Crippen molar-refractivity contribution in [2.45, 2.75) is 75.6 Å². The lowest BCUT2D eigenvalue weighted by molar-refractivity contribution is -0.245. The second-order valence-electron chi connectivity index (χ2n) is 10.8. The van der Waals surface area contributed by atoms with Crippen molar-refractivity contribution in [1.82, 2.24) is 10.6 Å². The van der Waals surface area contributed by atoms with E-state index in [9.17, 15) is 24.6 Å². The molecule has 1 heterocycles. The second kappa shape index (κ2) is 17.0. The smallest absolute Gasteiger partial charge is 0.336 e. The van der Waals surface area contributed by atoms with Gasteiger partial charge in [-0.1, -0.05) is 67.1 Å². The molecular weight excluding hydrogens is 580 g/mol. The normalized spacial score (nSPS) is 18.0. The van der Waals surface area contributed by atoms with Gasteiger partial charge in [0.1, 0.15) is 0 Å². The highest BCUT2D eigenvalue weighted by atomic mass is 32.2. The number of aliphatic hydroxyl groups is 1. The number of aliphatic hydroxyl groups excluding tert-OH is 1. The lowest BCUT2D eigenvalue weighted by Gasteiger charge is -2.36. The molecule has 44 heavy (non-hydrogen) atoms. The summed E-state index contributed by atoms with van der Waals surface area (Å²) >= 11 is 1.45. The summed E-state index contributed by atoms with van der Waals surface area (Å²) in [5, 5.41) is 24.8. The minimum atomic E-state index is -0.962. The Morgan fingerprint density at radius 2 is 1.57 bits per heavy atom. The summed E-state index contributed by atoms with van der Waals surface area (Å²) in [6.45, 7) is 2.51. The predicted octanol–water partition coefficient (Wildman–Crippen LogP) is 5.53. The van der Waals surface area contributed by atoms with Crippen LogP contribution in [0.1, 0.15) is 84.0 Å². The quantitative estimate of drug-likeness (QED) is 0.129. The number of carbonyl (C=O) groups is 3.